The first-order chi connectivity index (χ1) is 9.34. The highest BCUT2D eigenvalue weighted by Gasteiger charge is 2.16. The van der Waals surface area contributed by atoms with Gasteiger partial charge in [0.05, 0.1) is 12.7 Å². The number of benzene rings is 1. The lowest BCUT2D eigenvalue weighted by molar-refractivity contribution is -0.0180. The van der Waals surface area contributed by atoms with E-state index in [1.54, 1.807) is 0 Å². The first-order valence-electron chi connectivity index (χ1n) is 7.39. The fraction of sp³-hybridized carbons (Fsp3) is 0.625. The highest BCUT2D eigenvalue weighted by molar-refractivity contribution is 5.14. The fourth-order valence-corrected chi connectivity index (χ4v) is 2.48. The molecule has 0 spiro atoms. The Hall–Kier alpha value is -0.900. The molecule has 0 saturated carbocycles. The van der Waals surface area contributed by atoms with E-state index in [2.05, 4.69) is 47.6 Å². The lowest BCUT2D eigenvalue weighted by Gasteiger charge is -2.30. The van der Waals surface area contributed by atoms with Crippen LogP contribution < -0.4 is 5.32 Å². The average Bonchev–Trinajstić information content (AvgIpc) is 2.44. The van der Waals surface area contributed by atoms with Crippen molar-refractivity contribution >= 4 is 0 Å². The number of ether oxygens (including phenoxy) is 1. The SMILES string of the molecule is CN1CCOC(CNCCCCc2ccccc2)C1. The molecule has 1 unspecified atom stereocenters. The molecule has 1 saturated heterocycles. The minimum Gasteiger partial charge on any atom is -0.374 e. The fourth-order valence-electron chi connectivity index (χ4n) is 2.48. The van der Waals surface area contributed by atoms with Gasteiger partial charge in [0.25, 0.3) is 0 Å². The lowest BCUT2D eigenvalue weighted by Crippen LogP contribution is -2.44. The van der Waals surface area contributed by atoms with Gasteiger partial charge in [0.1, 0.15) is 0 Å². The highest BCUT2D eigenvalue weighted by atomic mass is 16.5. The number of morpholine rings is 1. The molecule has 1 fully saturated rings. The van der Waals surface area contributed by atoms with Crippen LogP contribution in [-0.2, 0) is 11.2 Å². The second kappa shape index (κ2) is 8.31. The summed E-state index contributed by atoms with van der Waals surface area (Å²) in [6, 6.07) is 10.7. The largest absolute Gasteiger partial charge is 0.374 e. The van der Waals surface area contributed by atoms with Crippen LogP contribution in [0.1, 0.15) is 18.4 Å². The first kappa shape index (κ1) is 14.5. The van der Waals surface area contributed by atoms with Gasteiger partial charge in [-0.05, 0) is 38.4 Å². The van der Waals surface area contributed by atoms with Gasteiger partial charge in [-0.3, -0.25) is 0 Å². The molecular weight excluding hydrogens is 236 g/mol. The molecule has 2 rings (SSSR count). The van der Waals surface area contributed by atoms with Crippen LogP contribution in [0.25, 0.3) is 0 Å². The monoisotopic (exact) mass is 262 g/mol. The maximum atomic E-state index is 5.72. The Morgan fingerprint density at radius 3 is 2.89 bits per heavy atom. The molecule has 0 amide bonds. The van der Waals surface area contributed by atoms with Crippen LogP contribution in [0.15, 0.2) is 30.3 Å². The van der Waals surface area contributed by atoms with Crippen LogP contribution in [0.2, 0.25) is 0 Å². The zero-order valence-electron chi connectivity index (χ0n) is 12.0. The lowest BCUT2D eigenvalue weighted by atomic mass is 10.1. The number of unbranched alkanes of at least 4 members (excludes halogenated alkanes) is 1. The van der Waals surface area contributed by atoms with E-state index < -0.39 is 0 Å². The van der Waals surface area contributed by atoms with Crippen LogP contribution in [-0.4, -0.2) is 50.8 Å². The molecule has 0 bridgehead atoms. The molecule has 1 atom stereocenters. The summed E-state index contributed by atoms with van der Waals surface area (Å²) < 4.78 is 5.72. The van der Waals surface area contributed by atoms with E-state index in [9.17, 15) is 0 Å². The van der Waals surface area contributed by atoms with Crippen molar-refractivity contribution in [2.75, 3.05) is 39.8 Å². The highest BCUT2D eigenvalue weighted by Crippen LogP contribution is 2.04. The minimum absolute atomic E-state index is 0.368. The van der Waals surface area contributed by atoms with E-state index in [0.717, 1.165) is 32.8 Å². The number of likely N-dealkylation sites (N-methyl/N-ethyl adjacent to an activating group) is 1. The minimum atomic E-state index is 0.368. The van der Waals surface area contributed by atoms with Gasteiger partial charge in [-0.2, -0.15) is 0 Å². The molecule has 0 aromatic heterocycles. The second-order valence-corrected chi connectivity index (χ2v) is 5.40. The smallest absolute Gasteiger partial charge is 0.0826 e. The Labute approximate surface area is 116 Å². The topological polar surface area (TPSA) is 24.5 Å². The summed E-state index contributed by atoms with van der Waals surface area (Å²) in [5, 5.41) is 3.51. The predicted octanol–water partition coefficient (Wildman–Crippen LogP) is 1.93. The van der Waals surface area contributed by atoms with Crippen LogP contribution >= 0.6 is 0 Å². The van der Waals surface area contributed by atoms with Crippen LogP contribution in [0, 0.1) is 0 Å². The molecule has 3 heteroatoms. The molecule has 0 aliphatic carbocycles. The zero-order chi connectivity index (χ0) is 13.3. The molecule has 1 aliphatic heterocycles. The van der Waals surface area contributed by atoms with Crippen molar-refractivity contribution in [1.82, 2.24) is 10.2 Å². The summed E-state index contributed by atoms with van der Waals surface area (Å²) >= 11 is 0. The van der Waals surface area contributed by atoms with Crippen molar-refractivity contribution in [3.05, 3.63) is 35.9 Å². The Morgan fingerprint density at radius 2 is 2.11 bits per heavy atom. The van der Waals surface area contributed by atoms with Gasteiger partial charge in [-0.1, -0.05) is 30.3 Å². The summed E-state index contributed by atoms with van der Waals surface area (Å²) in [4.78, 5) is 2.34. The normalized spacial score (nSPS) is 20.6. The molecule has 0 radical (unpaired) electrons. The number of rotatable bonds is 7. The van der Waals surface area contributed by atoms with Gasteiger partial charge in [0.15, 0.2) is 0 Å². The molecule has 3 nitrogen and oxygen atoms in total. The zero-order valence-corrected chi connectivity index (χ0v) is 12.0. The van der Waals surface area contributed by atoms with Gasteiger partial charge >= 0.3 is 0 Å². The quantitative estimate of drug-likeness (QED) is 0.760. The third-order valence-corrected chi connectivity index (χ3v) is 3.63. The van der Waals surface area contributed by atoms with E-state index in [0.29, 0.717) is 6.10 Å². The molecule has 1 N–H and O–H groups in total. The Morgan fingerprint density at radius 1 is 1.26 bits per heavy atom. The van der Waals surface area contributed by atoms with E-state index in [1.807, 2.05) is 0 Å². The van der Waals surface area contributed by atoms with Gasteiger partial charge < -0.3 is 15.0 Å². The maximum Gasteiger partial charge on any atom is 0.0826 e. The molecule has 106 valence electrons. The van der Waals surface area contributed by atoms with Crippen LogP contribution in [0.3, 0.4) is 0 Å². The van der Waals surface area contributed by atoms with E-state index in [1.165, 1.54) is 24.8 Å². The van der Waals surface area contributed by atoms with E-state index >= 15 is 0 Å². The predicted molar refractivity (Wildman–Crippen MR) is 79.5 cm³/mol. The standard InChI is InChI=1S/C16H26N2O/c1-18-11-12-19-16(14-18)13-17-10-6-5-9-15-7-3-2-4-8-15/h2-4,7-8,16-17H,5-6,9-14H2,1H3. The van der Waals surface area contributed by atoms with E-state index in [4.69, 9.17) is 4.74 Å². The summed E-state index contributed by atoms with van der Waals surface area (Å²) in [5.41, 5.74) is 1.44. The third kappa shape index (κ3) is 5.72. The summed E-state index contributed by atoms with van der Waals surface area (Å²) in [5.74, 6) is 0. The molecular formula is C16H26N2O. The van der Waals surface area contributed by atoms with Gasteiger partial charge in [-0.25, -0.2) is 0 Å². The second-order valence-electron chi connectivity index (χ2n) is 5.40. The van der Waals surface area contributed by atoms with Gasteiger partial charge in [-0.15, -0.1) is 0 Å². The summed E-state index contributed by atoms with van der Waals surface area (Å²) in [6.45, 7) is 5.06. The van der Waals surface area contributed by atoms with Crippen molar-refractivity contribution in [1.29, 1.82) is 0 Å². The maximum absolute atomic E-state index is 5.72. The van der Waals surface area contributed by atoms with Crippen molar-refractivity contribution < 1.29 is 4.74 Å². The number of hydrogen-bond acceptors (Lipinski definition) is 3. The summed E-state index contributed by atoms with van der Waals surface area (Å²) in [6.07, 6.45) is 4.04. The van der Waals surface area contributed by atoms with E-state index in [-0.39, 0.29) is 0 Å². The van der Waals surface area contributed by atoms with Crippen molar-refractivity contribution in [2.45, 2.75) is 25.4 Å². The van der Waals surface area contributed by atoms with Gasteiger partial charge in [0, 0.05) is 19.6 Å². The number of nitrogens with zero attached hydrogens (tertiary/aromatic N) is 1. The number of hydrogen-bond donors (Lipinski definition) is 1. The molecule has 1 heterocycles. The van der Waals surface area contributed by atoms with Crippen molar-refractivity contribution in [2.24, 2.45) is 0 Å². The Kier molecular flexibility index (Phi) is 6.34. The van der Waals surface area contributed by atoms with Crippen molar-refractivity contribution in [3.8, 4) is 0 Å². The van der Waals surface area contributed by atoms with Crippen LogP contribution in [0.5, 0.6) is 0 Å². The summed E-state index contributed by atoms with van der Waals surface area (Å²) in [7, 11) is 2.16. The van der Waals surface area contributed by atoms with Crippen LogP contribution in [0.4, 0.5) is 0 Å². The van der Waals surface area contributed by atoms with Gasteiger partial charge in [0.2, 0.25) is 0 Å². The Balaban J connectivity index is 1.48. The molecule has 1 aliphatic rings. The molecule has 19 heavy (non-hydrogen) atoms. The Bertz CT molecular complexity index is 342. The first-order valence-corrected chi connectivity index (χ1v) is 7.39. The number of nitrogens with one attached hydrogen (secondary N) is 1. The van der Waals surface area contributed by atoms with Crippen molar-refractivity contribution in [3.63, 3.8) is 0 Å². The average molecular weight is 262 g/mol. The third-order valence-electron chi connectivity index (χ3n) is 3.63. The number of aryl methyl sites for hydroxylation is 1. The molecule has 1 aromatic carbocycles. The molecule has 1 aromatic rings.